The van der Waals surface area contributed by atoms with E-state index in [0.717, 1.165) is 4.57 Å². The van der Waals surface area contributed by atoms with Crippen LogP contribution in [0, 0.1) is 0 Å². The number of aromatic nitrogens is 1. The molecule has 1 aliphatic heterocycles. The van der Waals surface area contributed by atoms with Crippen molar-refractivity contribution in [3.63, 3.8) is 0 Å². The minimum Gasteiger partial charge on any atom is -0.477 e. The van der Waals surface area contributed by atoms with Crippen LogP contribution in [0.2, 0.25) is 0 Å². The fourth-order valence-electron chi connectivity index (χ4n) is 3.90. The second-order valence-electron chi connectivity index (χ2n) is 8.56. The number of piperidine rings is 1. The second-order valence-corrected chi connectivity index (χ2v) is 8.56. The molecule has 1 saturated heterocycles. The molecule has 1 amide bonds. The van der Waals surface area contributed by atoms with Crippen molar-refractivity contribution in [3.05, 3.63) is 35.5 Å². The first-order chi connectivity index (χ1) is 13.9. The first-order valence-electron chi connectivity index (χ1n) is 9.76. The molecule has 3 rings (SSSR count). The average molecular weight is 426 g/mol. The Hall–Kier alpha value is -2.71. The summed E-state index contributed by atoms with van der Waals surface area (Å²) in [4.78, 5) is 25.4. The number of alkyl halides is 3. The lowest BCUT2D eigenvalue weighted by molar-refractivity contribution is -0.140. The van der Waals surface area contributed by atoms with E-state index < -0.39 is 30.4 Å². The van der Waals surface area contributed by atoms with Gasteiger partial charge in [-0.1, -0.05) is 18.2 Å². The summed E-state index contributed by atoms with van der Waals surface area (Å²) < 4.78 is 45.7. The third kappa shape index (κ3) is 4.88. The first-order valence-corrected chi connectivity index (χ1v) is 9.76. The number of ether oxygens (including phenoxy) is 1. The van der Waals surface area contributed by atoms with Crippen LogP contribution in [0.25, 0.3) is 10.9 Å². The number of para-hydroxylation sites is 1. The van der Waals surface area contributed by atoms with Crippen LogP contribution in [0.15, 0.2) is 24.3 Å². The molecule has 1 fully saturated rings. The number of halogens is 3. The zero-order valence-electron chi connectivity index (χ0n) is 17.1. The van der Waals surface area contributed by atoms with Crippen molar-refractivity contribution in [2.24, 2.45) is 0 Å². The Labute approximate surface area is 172 Å². The number of nitrogens with zero attached hydrogens (tertiary/aromatic N) is 2. The Kier molecular flexibility index (Phi) is 5.75. The van der Waals surface area contributed by atoms with Crippen LogP contribution < -0.4 is 0 Å². The molecule has 0 aliphatic carbocycles. The summed E-state index contributed by atoms with van der Waals surface area (Å²) in [6, 6.07) is 6.37. The van der Waals surface area contributed by atoms with E-state index in [1.54, 1.807) is 43.9 Å². The summed E-state index contributed by atoms with van der Waals surface area (Å²) >= 11 is 0. The van der Waals surface area contributed by atoms with Crippen molar-refractivity contribution in [1.82, 2.24) is 9.47 Å². The normalized spacial score (nSPS) is 16.1. The molecule has 1 aromatic heterocycles. The van der Waals surface area contributed by atoms with E-state index in [9.17, 15) is 27.9 Å². The minimum atomic E-state index is -4.55. The van der Waals surface area contributed by atoms with Gasteiger partial charge in [0.15, 0.2) is 0 Å². The summed E-state index contributed by atoms with van der Waals surface area (Å²) in [5.74, 6) is -1.49. The van der Waals surface area contributed by atoms with Crippen LogP contribution in [-0.2, 0) is 11.3 Å². The molecule has 0 saturated carbocycles. The van der Waals surface area contributed by atoms with Gasteiger partial charge < -0.3 is 19.3 Å². The number of carbonyl (C=O) groups excluding carboxylic acids is 1. The molecule has 0 atom stereocenters. The highest BCUT2D eigenvalue weighted by molar-refractivity contribution is 5.96. The van der Waals surface area contributed by atoms with Crippen LogP contribution in [0.4, 0.5) is 18.0 Å². The van der Waals surface area contributed by atoms with E-state index in [1.807, 2.05) is 0 Å². The summed E-state index contributed by atoms with van der Waals surface area (Å²) in [5.41, 5.74) is -0.0254. The van der Waals surface area contributed by atoms with Gasteiger partial charge in [0, 0.05) is 18.5 Å². The van der Waals surface area contributed by atoms with Crippen LogP contribution in [0.3, 0.4) is 0 Å². The zero-order valence-corrected chi connectivity index (χ0v) is 17.1. The van der Waals surface area contributed by atoms with Crippen molar-refractivity contribution in [2.45, 2.75) is 57.9 Å². The van der Waals surface area contributed by atoms with Crippen molar-refractivity contribution in [1.29, 1.82) is 0 Å². The number of benzene rings is 1. The summed E-state index contributed by atoms with van der Waals surface area (Å²) in [6.07, 6.45) is -3.85. The SMILES string of the molecule is CC(C)(C)OC(=O)N1CCC(c2cccc3cc(C(=O)O)n(CC(F)(F)F)c23)CC1. The lowest BCUT2D eigenvalue weighted by Gasteiger charge is -2.34. The molecule has 2 heterocycles. The van der Waals surface area contributed by atoms with Gasteiger partial charge in [-0.2, -0.15) is 13.2 Å². The molecule has 0 spiro atoms. The molecule has 0 bridgehead atoms. The molecular weight excluding hydrogens is 401 g/mol. The minimum absolute atomic E-state index is 0.0871. The van der Waals surface area contributed by atoms with Crippen molar-refractivity contribution < 1.29 is 32.6 Å². The number of carboxylic acids is 1. The molecule has 0 unspecified atom stereocenters. The van der Waals surface area contributed by atoms with Crippen molar-refractivity contribution in [2.75, 3.05) is 13.1 Å². The van der Waals surface area contributed by atoms with Crippen LogP contribution >= 0.6 is 0 Å². The maximum Gasteiger partial charge on any atom is 0.410 e. The van der Waals surface area contributed by atoms with Gasteiger partial charge in [0.2, 0.25) is 0 Å². The Morgan fingerprint density at radius 2 is 1.80 bits per heavy atom. The molecule has 0 radical (unpaired) electrons. The maximum absolute atomic E-state index is 13.2. The summed E-state index contributed by atoms with van der Waals surface area (Å²) in [7, 11) is 0. The molecular formula is C21H25F3N2O4. The predicted molar refractivity (Wildman–Crippen MR) is 105 cm³/mol. The Morgan fingerprint density at radius 1 is 1.17 bits per heavy atom. The first kappa shape index (κ1) is 22.0. The molecule has 30 heavy (non-hydrogen) atoms. The second kappa shape index (κ2) is 7.85. The number of likely N-dealkylation sites (tertiary alicyclic amines) is 1. The standard InChI is InChI=1S/C21H25F3N2O4/c1-20(2,3)30-19(29)25-9-7-13(8-10-25)15-6-4-5-14-11-16(18(27)28)26(17(14)15)12-21(22,23)24/h4-6,11,13H,7-10,12H2,1-3H3,(H,27,28). The smallest absolute Gasteiger partial charge is 0.410 e. The van der Waals surface area contributed by atoms with Gasteiger partial charge >= 0.3 is 18.2 Å². The lowest BCUT2D eigenvalue weighted by atomic mass is 9.88. The van der Waals surface area contributed by atoms with E-state index >= 15 is 0 Å². The fraction of sp³-hybridized carbons (Fsp3) is 0.524. The average Bonchev–Trinajstić information content (AvgIpc) is 2.97. The Balaban J connectivity index is 1.90. The number of carboxylic acid groups (broad SMARTS) is 1. The topological polar surface area (TPSA) is 71.8 Å². The van der Waals surface area contributed by atoms with E-state index in [2.05, 4.69) is 0 Å². The van der Waals surface area contributed by atoms with Gasteiger partial charge in [-0.15, -0.1) is 0 Å². The Morgan fingerprint density at radius 3 is 2.33 bits per heavy atom. The lowest BCUT2D eigenvalue weighted by Crippen LogP contribution is -2.41. The van der Waals surface area contributed by atoms with Crippen molar-refractivity contribution in [3.8, 4) is 0 Å². The van der Waals surface area contributed by atoms with E-state index in [0.29, 0.717) is 42.4 Å². The number of aromatic carboxylic acids is 1. The number of carbonyl (C=O) groups is 2. The largest absolute Gasteiger partial charge is 0.477 e. The van der Waals surface area contributed by atoms with Crippen LogP contribution in [0.5, 0.6) is 0 Å². The van der Waals surface area contributed by atoms with Crippen LogP contribution in [0.1, 0.15) is 55.6 Å². The van der Waals surface area contributed by atoms with E-state index in [4.69, 9.17) is 4.74 Å². The predicted octanol–water partition coefficient (Wildman–Crippen LogP) is 5.02. The van der Waals surface area contributed by atoms with Gasteiger partial charge in [-0.3, -0.25) is 0 Å². The molecule has 1 aromatic carbocycles. The summed E-state index contributed by atoms with van der Waals surface area (Å²) in [6.45, 7) is 4.82. The Bertz CT molecular complexity index is 952. The highest BCUT2D eigenvalue weighted by atomic mass is 19.4. The van der Waals surface area contributed by atoms with Gasteiger partial charge in [0.05, 0.1) is 5.52 Å². The molecule has 1 aliphatic rings. The quantitative estimate of drug-likeness (QED) is 0.748. The van der Waals surface area contributed by atoms with Gasteiger partial charge in [0.25, 0.3) is 0 Å². The van der Waals surface area contributed by atoms with E-state index in [-0.39, 0.29) is 11.6 Å². The summed E-state index contributed by atoms with van der Waals surface area (Å²) in [5, 5.41) is 9.87. The third-order valence-electron chi connectivity index (χ3n) is 5.09. The molecule has 6 nitrogen and oxygen atoms in total. The number of hydrogen-bond acceptors (Lipinski definition) is 3. The molecule has 2 aromatic rings. The van der Waals surface area contributed by atoms with Gasteiger partial charge in [-0.25, -0.2) is 9.59 Å². The zero-order chi connectivity index (χ0) is 22.3. The van der Waals surface area contributed by atoms with E-state index in [1.165, 1.54) is 6.07 Å². The highest BCUT2D eigenvalue weighted by Crippen LogP contribution is 2.36. The maximum atomic E-state index is 13.2. The monoisotopic (exact) mass is 426 g/mol. The number of hydrogen-bond donors (Lipinski definition) is 1. The number of fused-ring (bicyclic) bond motifs is 1. The molecule has 1 N–H and O–H groups in total. The molecule has 164 valence electrons. The number of rotatable bonds is 3. The highest BCUT2D eigenvalue weighted by Gasteiger charge is 2.33. The third-order valence-corrected chi connectivity index (χ3v) is 5.09. The van der Waals surface area contributed by atoms with Gasteiger partial charge in [0.1, 0.15) is 17.8 Å². The fourth-order valence-corrected chi connectivity index (χ4v) is 3.90. The molecule has 9 heteroatoms. The van der Waals surface area contributed by atoms with Gasteiger partial charge in [-0.05, 0) is 51.2 Å². The van der Waals surface area contributed by atoms with Crippen molar-refractivity contribution >= 4 is 23.0 Å². The number of amides is 1. The van der Waals surface area contributed by atoms with Crippen LogP contribution in [-0.4, -0.2) is 51.5 Å².